The minimum absolute atomic E-state index is 0.0863. The maximum atomic E-state index is 12.5. The van der Waals surface area contributed by atoms with Crippen LogP contribution in [0, 0.1) is 5.92 Å². The molecule has 104 valence electrons. The number of rotatable bonds is 5. The molecule has 0 aliphatic carbocycles. The summed E-state index contributed by atoms with van der Waals surface area (Å²) in [6, 6.07) is 9.86. The van der Waals surface area contributed by atoms with Crippen LogP contribution >= 0.6 is 0 Å². The van der Waals surface area contributed by atoms with Crippen molar-refractivity contribution in [3.8, 4) is 0 Å². The van der Waals surface area contributed by atoms with Gasteiger partial charge in [-0.3, -0.25) is 4.79 Å². The Hall–Kier alpha value is -1.39. The highest BCUT2D eigenvalue weighted by Crippen LogP contribution is 2.20. The number of para-hydroxylation sites is 1. The lowest BCUT2D eigenvalue weighted by Gasteiger charge is -2.24. The molecule has 1 heterocycles. The molecule has 19 heavy (non-hydrogen) atoms. The predicted molar refractivity (Wildman–Crippen MR) is 76.2 cm³/mol. The van der Waals surface area contributed by atoms with Gasteiger partial charge in [0.25, 0.3) is 0 Å². The Kier molecular flexibility index (Phi) is 4.93. The molecule has 1 aromatic rings. The quantitative estimate of drug-likeness (QED) is 0.877. The first-order valence-corrected chi connectivity index (χ1v) is 6.87. The van der Waals surface area contributed by atoms with Gasteiger partial charge in [0, 0.05) is 18.8 Å². The molecule has 0 aromatic heterocycles. The van der Waals surface area contributed by atoms with Gasteiger partial charge in [0.05, 0.1) is 19.1 Å². The zero-order valence-electron chi connectivity index (χ0n) is 11.6. The van der Waals surface area contributed by atoms with E-state index in [1.807, 2.05) is 37.4 Å². The average molecular weight is 262 g/mol. The Labute approximate surface area is 114 Å². The first-order valence-electron chi connectivity index (χ1n) is 6.87. The number of hydrogen-bond acceptors (Lipinski definition) is 3. The summed E-state index contributed by atoms with van der Waals surface area (Å²) in [6.45, 7) is 4.18. The molecule has 1 fully saturated rings. The van der Waals surface area contributed by atoms with E-state index in [0.717, 1.165) is 18.7 Å². The molecule has 2 rings (SSSR count). The van der Waals surface area contributed by atoms with Crippen molar-refractivity contribution in [1.29, 1.82) is 0 Å². The third kappa shape index (κ3) is 3.33. The fraction of sp³-hybridized carbons (Fsp3) is 0.533. The minimum Gasteiger partial charge on any atom is -0.379 e. The molecule has 1 amide bonds. The monoisotopic (exact) mass is 262 g/mol. The van der Waals surface area contributed by atoms with Crippen molar-refractivity contribution in [1.82, 2.24) is 5.32 Å². The lowest BCUT2D eigenvalue weighted by Crippen LogP contribution is -2.45. The molecule has 2 unspecified atom stereocenters. The third-order valence-electron chi connectivity index (χ3n) is 3.53. The fourth-order valence-electron chi connectivity index (χ4n) is 2.36. The maximum Gasteiger partial charge on any atom is 0.233 e. The summed E-state index contributed by atoms with van der Waals surface area (Å²) in [7, 11) is 1.83. The van der Waals surface area contributed by atoms with Crippen molar-refractivity contribution in [3.05, 3.63) is 30.3 Å². The third-order valence-corrected chi connectivity index (χ3v) is 3.53. The highest BCUT2D eigenvalue weighted by Gasteiger charge is 2.35. The van der Waals surface area contributed by atoms with Crippen molar-refractivity contribution in [2.75, 3.05) is 31.7 Å². The first-order chi connectivity index (χ1) is 9.24. The van der Waals surface area contributed by atoms with Crippen LogP contribution in [0.1, 0.15) is 13.3 Å². The predicted octanol–water partition coefficient (Wildman–Crippen LogP) is 1.66. The molecule has 4 heteroatoms. The number of carbonyl (C=O) groups is 1. The summed E-state index contributed by atoms with van der Waals surface area (Å²) >= 11 is 0. The minimum atomic E-state index is -0.0863. The molecule has 1 aromatic carbocycles. The Morgan fingerprint density at radius 3 is 2.79 bits per heavy atom. The molecule has 0 spiro atoms. The van der Waals surface area contributed by atoms with Crippen molar-refractivity contribution in [2.24, 2.45) is 5.92 Å². The van der Waals surface area contributed by atoms with E-state index in [1.165, 1.54) is 0 Å². The molecule has 1 aliphatic rings. The van der Waals surface area contributed by atoms with Crippen LogP contribution in [0.2, 0.25) is 0 Å². The Morgan fingerprint density at radius 1 is 1.37 bits per heavy atom. The zero-order chi connectivity index (χ0) is 13.7. The van der Waals surface area contributed by atoms with Crippen molar-refractivity contribution in [2.45, 2.75) is 19.4 Å². The molecular formula is C15H22N2O2. The summed E-state index contributed by atoms with van der Waals surface area (Å²) in [5, 5.41) is 3.40. The second-order valence-corrected chi connectivity index (χ2v) is 4.94. The Balaban J connectivity index is 2.02. The topological polar surface area (TPSA) is 41.6 Å². The Morgan fingerprint density at radius 2 is 2.11 bits per heavy atom. The van der Waals surface area contributed by atoms with E-state index in [-0.39, 0.29) is 17.9 Å². The molecule has 0 bridgehead atoms. The van der Waals surface area contributed by atoms with Crippen LogP contribution in [0.15, 0.2) is 30.3 Å². The second kappa shape index (κ2) is 6.68. The zero-order valence-corrected chi connectivity index (χ0v) is 11.6. The van der Waals surface area contributed by atoms with Crippen molar-refractivity contribution in [3.63, 3.8) is 0 Å². The van der Waals surface area contributed by atoms with Gasteiger partial charge in [-0.05, 0) is 25.1 Å². The van der Waals surface area contributed by atoms with Gasteiger partial charge in [-0.2, -0.15) is 0 Å². The first kappa shape index (κ1) is 14.0. The molecule has 1 N–H and O–H groups in total. The van der Waals surface area contributed by atoms with Crippen molar-refractivity contribution >= 4 is 11.6 Å². The van der Waals surface area contributed by atoms with Gasteiger partial charge in [0.2, 0.25) is 5.91 Å². The number of nitrogens with zero attached hydrogens (tertiary/aromatic N) is 1. The highest BCUT2D eigenvalue weighted by molar-refractivity contribution is 5.95. The number of amides is 1. The van der Waals surface area contributed by atoms with E-state index in [0.29, 0.717) is 13.2 Å². The second-order valence-electron chi connectivity index (χ2n) is 4.94. The van der Waals surface area contributed by atoms with Crippen LogP contribution in [0.5, 0.6) is 0 Å². The van der Waals surface area contributed by atoms with Crippen LogP contribution < -0.4 is 10.2 Å². The number of nitrogens with one attached hydrogen (secondary N) is 1. The van der Waals surface area contributed by atoms with Gasteiger partial charge in [0.15, 0.2) is 0 Å². The van der Waals surface area contributed by atoms with Crippen LogP contribution in [-0.4, -0.2) is 38.8 Å². The molecule has 0 saturated carbocycles. The number of anilines is 1. The van der Waals surface area contributed by atoms with E-state index in [9.17, 15) is 4.79 Å². The molecule has 2 atom stereocenters. The van der Waals surface area contributed by atoms with Crippen LogP contribution in [0.4, 0.5) is 5.69 Å². The highest BCUT2D eigenvalue weighted by atomic mass is 16.5. The smallest absolute Gasteiger partial charge is 0.233 e. The normalized spacial score (nSPS) is 22.4. The van der Waals surface area contributed by atoms with Crippen LogP contribution in [0.3, 0.4) is 0 Å². The van der Waals surface area contributed by atoms with E-state index in [1.54, 1.807) is 4.90 Å². The largest absolute Gasteiger partial charge is 0.379 e. The molecular weight excluding hydrogens is 240 g/mol. The summed E-state index contributed by atoms with van der Waals surface area (Å²) in [5.74, 6) is 0.0362. The van der Waals surface area contributed by atoms with Gasteiger partial charge < -0.3 is 15.0 Å². The van der Waals surface area contributed by atoms with Gasteiger partial charge in [-0.1, -0.05) is 25.1 Å². The number of carbonyl (C=O) groups excluding carboxylic acids is 1. The summed E-state index contributed by atoms with van der Waals surface area (Å²) < 4.78 is 5.46. The van der Waals surface area contributed by atoms with Crippen molar-refractivity contribution < 1.29 is 9.53 Å². The number of hydrogen-bond donors (Lipinski definition) is 1. The van der Waals surface area contributed by atoms with Crippen LogP contribution in [0.25, 0.3) is 0 Å². The molecule has 0 radical (unpaired) electrons. The molecule has 1 saturated heterocycles. The van der Waals surface area contributed by atoms with Gasteiger partial charge in [-0.25, -0.2) is 0 Å². The SMILES string of the molecule is CCCNC1COCC1C(=O)N(C)c1ccccc1. The number of ether oxygens (including phenoxy) is 1. The average Bonchev–Trinajstić information content (AvgIpc) is 2.92. The van der Waals surface area contributed by atoms with Gasteiger partial charge in [-0.15, -0.1) is 0 Å². The Bertz CT molecular complexity index is 408. The molecule has 4 nitrogen and oxygen atoms in total. The summed E-state index contributed by atoms with van der Waals surface area (Å²) in [5.41, 5.74) is 0.925. The maximum absolute atomic E-state index is 12.5. The summed E-state index contributed by atoms with van der Waals surface area (Å²) in [4.78, 5) is 14.2. The van der Waals surface area contributed by atoms with Gasteiger partial charge >= 0.3 is 0 Å². The number of benzene rings is 1. The van der Waals surface area contributed by atoms with Gasteiger partial charge in [0.1, 0.15) is 0 Å². The fourth-order valence-corrected chi connectivity index (χ4v) is 2.36. The standard InChI is InChI=1S/C15H22N2O2/c1-3-9-16-14-11-19-10-13(14)15(18)17(2)12-7-5-4-6-8-12/h4-8,13-14,16H,3,9-11H2,1-2H3. The van der Waals surface area contributed by atoms with Crippen LogP contribution in [-0.2, 0) is 9.53 Å². The lowest BCUT2D eigenvalue weighted by molar-refractivity contribution is -0.122. The van der Waals surface area contributed by atoms with E-state index in [2.05, 4.69) is 12.2 Å². The summed E-state index contributed by atoms with van der Waals surface area (Å²) in [6.07, 6.45) is 1.06. The van der Waals surface area contributed by atoms with E-state index >= 15 is 0 Å². The van der Waals surface area contributed by atoms with E-state index in [4.69, 9.17) is 4.74 Å². The lowest BCUT2D eigenvalue weighted by atomic mass is 10.0. The van der Waals surface area contributed by atoms with E-state index < -0.39 is 0 Å². The molecule has 1 aliphatic heterocycles.